The van der Waals surface area contributed by atoms with Gasteiger partial charge in [-0.1, -0.05) is 13.3 Å². The van der Waals surface area contributed by atoms with Crippen LogP contribution in [-0.2, 0) is 24.3 Å². The highest BCUT2D eigenvalue weighted by Gasteiger charge is 2.44. The number of aliphatic carboxylic acids is 1. The first kappa shape index (κ1) is 16.9. The summed E-state index contributed by atoms with van der Waals surface area (Å²) in [6.45, 7) is 1.61. The summed E-state index contributed by atoms with van der Waals surface area (Å²) in [5.41, 5.74) is 0. The Labute approximate surface area is 118 Å². The summed E-state index contributed by atoms with van der Waals surface area (Å²) in [6.07, 6.45) is 1.79. The Morgan fingerprint density at radius 2 is 2.00 bits per heavy atom. The van der Waals surface area contributed by atoms with Gasteiger partial charge in [0.2, 0.25) is 10.0 Å². The molecule has 1 rings (SSSR count). The molecule has 1 N–H and O–H groups in total. The third kappa shape index (κ3) is 3.69. The molecular weight excluding hydrogens is 286 g/mol. The lowest BCUT2D eigenvalue weighted by atomic mass is 10.1. The van der Waals surface area contributed by atoms with Crippen LogP contribution in [0.5, 0.6) is 0 Å². The lowest BCUT2D eigenvalue weighted by molar-refractivity contribution is -0.141. The van der Waals surface area contributed by atoms with Crippen molar-refractivity contribution in [1.82, 2.24) is 4.31 Å². The molecule has 8 heteroatoms. The molecule has 1 aliphatic rings. The van der Waals surface area contributed by atoms with E-state index < -0.39 is 33.1 Å². The number of methoxy groups -OCH3 is 1. The van der Waals surface area contributed by atoms with Crippen molar-refractivity contribution in [2.75, 3.05) is 20.2 Å². The van der Waals surface area contributed by atoms with Crippen LogP contribution < -0.4 is 0 Å². The van der Waals surface area contributed by atoms with Crippen LogP contribution in [0.3, 0.4) is 0 Å². The summed E-state index contributed by atoms with van der Waals surface area (Å²) in [7, 11) is -2.62. The summed E-state index contributed by atoms with van der Waals surface area (Å²) in [5.74, 6) is -2.63. The zero-order valence-corrected chi connectivity index (χ0v) is 12.6. The van der Waals surface area contributed by atoms with Crippen LogP contribution in [0.1, 0.15) is 32.6 Å². The lowest BCUT2D eigenvalue weighted by Crippen LogP contribution is -2.45. The second-order valence-electron chi connectivity index (χ2n) is 4.87. The first-order valence-corrected chi connectivity index (χ1v) is 8.13. The Bertz CT molecular complexity index is 461. The molecule has 0 aromatic rings. The zero-order valence-electron chi connectivity index (χ0n) is 11.7. The van der Waals surface area contributed by atoms with Gasteiger partial charge in [0.1, 0.15) is 6.54 Å². The molecule has 2 unspecified atom stereocenters. The van der Waals surface area contributed by atoms with E-state index in [9.17, 15) is 18.0 Å². The van der Waals surface area contributed by atoms with Crippen LogP contribution in [-0.4, -0.2) is 55.2 Å². The number of carbonyl (C=O) groups excluding carboxylic acids is 1. The van der Waals surface area contributed by atoms with Crippen molar-refractivity contribution in [3.63, 3.8) is 0 Å². The minimum atomic E-state index is -3.81. The topological polar surface area (TPSA) is 101 Å². The van der Waals surface area contributed by atoms with Gasteiger partial charge in [0.05, 0.1) is 18.3 Å². The molecule has 0 amide bonds. The fraction of sp³-hybridized carbons (Fsp3) is 0.833. The average molecular weight is 307 g/mol. The molecule has 20 heavy (non-hydrogen) atoms. The number of hydrogen-bond acceptors (Lipinski definition) is 5. The second kappa shape index (κ2) is 7.03. The first-order chi connectivity index (χ1) is 9.34. The van der Waals surface area contributed by atoms with Crippen LogP contribution in [0.2, 0.25) is 0 Å². The van der Waals surface area contributed by atoms with Gasteiger partial charge >= 0.3 is 11.9 Å². The molecule has 0 aromatic heterocycles. The van der Waals surface area contributed by atoms with Crippen LogP contribution in [0.4, 0.5) is 0 Å². The molecule has 0 bridgehead atoms. The van der Waals surface area contributed by atoms with Crippen LogP contribution in [0.15, 0.2) is 0 Å². The molecule has 0 saturated heterocycles. The van der Waals surface area contributed by atoms with Gasteiger partial charge in [0, 0.05) is 6.54 Å². The molecule has 7 nitrogen and oxygen atoms in total. The number of sulfonamides is 1. The van der Waals surface area contributed by atoms with Gasteiger partial charge in [-0.3, -0.25) is 9.59 Å². The summed E-state index contributed by atoms with van der Waals surface area (Å²) >= 11 is 0. The monoisotopic (exact) mass is 307 g/mol. The number of carboxylic acid groups (broad SMARTS) is 1. The number of carbonyl (C=O) groups is 2. The van der Waals surface area contributed by atoms with E-state index in [-0.39, 0.29) is 13.1 Å². The predicted molar refractivity (Wildman–Crippen MR) is 71.6 cm³/mol. The van der Waals surface area contributed by atoms with E-state index in [1.165, 1.54) is 7.11 Å². The zero-order chi connectivity index (χ0) is 15.3. The van der Waals surface area contributed by atoms with E-state index in [0.717, 1.165) is 4.31 Å². The molecule has 0 radical (unpaired) electrons. The Morgan fingerprint density at radius 1 is 1.35 bits per heavy atom. The minimum Gasteiger partial charge on any atom is -0.481 e. The normalized spacial score (nSPS) is 22.9. The van der Waals surface area contributed by atoms with Crippen molar-refractivity contribution in [3.8, 4) is 0 Å². The Morgan fingerprint density at radius 3 is 2.50 bits per heavy atom. The van der Waals surface area contributed by atoms with Crippen LogP contribution >= 0.6 is 0 Å². The van der Waals surface area contributed by atoms with Crippen molar-refractivity contribution in [3.05, 3.63) is 0 Å². The van der Waals surface area contributed by atoms with Crippen molar-refractivity contribution in [2.24, 2.45) is 5.92 Å². The van der Waals surface area contributed by atoms with Crippen molar-refractivity contribution < 1.29 is 27.9 Å². The molecule has 0 spiro atoms. The predicted octanol–water partition coefficient (Wildman–Crippen LogP) is 0.455. The number of rotatable bonds is 7. The van der Waals surface area contributed by atoms with Gasteiger partial charge < -0.3 is 9.84 Å². The van der Waals surface area contributed by atoms with Gasteiger partial charge in [0.25, 0.3) is 0 Å². The second-order valence-corrected chi connectivity index (χ2v) is 7.02. The maximum atomic E-state index is 12.5. The third-order valence-electron chi connectivity index (χ3n) is 3.52. The summed E-state index contributed by atoms with van der Waals surface area (Å²) in [6, 6.07) is 0. The Kier molecular flexibility index (Phi) is 5.94. The average Bonchev–Trinajstić information content (AvgIpc) is 2.88. The highest BCUT2D eigenvalue weighted by atomic mass is 32.2. The minimum absolute atomic E-state index is 0.181. The summed E-state index contributed by atoms with van der Waals surface area (Å²) in [4.78, 5) is 22.5. The van der Waals surface area contributed by atoms with Crippen molar-refractivity contribution in [1.29, 1.82) is 0 Å². The largest absolute Gasteiger partial charge is 0.481 e. The first-order valence-electron chi connectivity index (χ1n) is 6.63. The highest BCUT2D eigenvalue weighted by molar-refractivity contribution is 7.89. The maximum Gasteiger partial charge on any atom is 0.321 e. The highest BCUT2D eigenvalue weighted by Crippen LogP contribution is 2.33. The standard InChI is InChI=1S/C12H21NO6S/c1-3-7-13(8-11(14)19-2)20(17,18)10-6-4-5-9(10)12(15)16/h9-10H,3-8H2,1-2H3,(H,15,16). The number of nitrogens with zero attached hydrogens (tertiary/aromatic N) is 1. The van der Waals surface area contributed by atoms with E-state index in [1.807, 2.05) is 0 Å². The van der Waals surface area contributed by atoms with Crippen LogP contribution in [0, 0.1) is 5.92 Å². The van der Waals surface area contributed by atoms with E-state index in [1.54, 1.807) is 6.92 Å². The smallest absolute Gasteiger partial charge is 0.321 e. The van der Waals surface area contributed by atoms with E-state index in [0.29, 0.717) is 25.7 Å². The maximum absolute atomic E-state index is 12.5. The van der Waals surface area contributed by atoms with Gasteiger partial charge in [0.15, 0.2) is 0 Å². The summed E-state index contributed by atoms with van der Waals surface area (Å²) in [5, 5.41) is 8.16. The fourth-order valence-corrected chi connectivity index (χ4v) is 4.75. The van der Waals surface area contributed by atoms with E-state index in [4.69, 9.17) is 5.11 Å². The number of hydrogen-bond donors (Lipinski definition) is 1. The van der Waals surface area contributed by atoms with Gasteiger partial charge in [-0.2, -0.15) is 4.31 Å². The lowest BCUT2D eigenvalue weighted by Gasteiger charge is -2.26. The summed E-state index contributed by atoms with van der Waals surface area (Å²) < 4.78 is 30.6. The molecule has 0 heterocycles. The molecular formula is C12H21NO6S. The van der Waals surface area contributed by atoms with Gasteiger partial charge in [-0.15, -0.1) is 0 Å². The Hall–Kier alpha value is -1.15. The molecule has 1 aliphatic carbocycles. The number of carboxylic acids is 1. The third-order valence-corrected chi connectivity index (χ3v) is 5.88. The number of ether oxygens (including phenoxy) is 1. The van der Waals surface area contributed by atoms with Gasteiger partial charge in [-0.05, 0) is 19.3 Å². The molecule has 2 atom stereocenters. The van der Waals surface area contributed by atoms with Crippen LogP contribution in [0.25, 0.3) is 0 Å². The molecule has 1 saturated carbocycles. The Balaban J connectivity index is 2.97. The molecule has 0 aliphatic heterocycles. The van der Waals surface area contributed by atoms with Gasteiger partial charge in [-0.25, -0.2) is 8.42 Å². The fourth-order valence-electron chi connectivity index (χ4n) is 2.51. The number of esters is 1. The van der Waals surface area contributed by atoms with E-state index >= 15 is 0 Å². The SMILES string of the molecule is CCCN(CC(=O)OC)S(=O)(=O)C1CCCC1C(=O)O. The quantitative estimate of drug-likeness (QED) is 0.685. The van der Waals surface area contributed by atoms with E-state index in [2.05, 4.69) is 4.74 Å². The van der Waals surface area contributed by atoms with Crippen molar-refractivity contribution in [2.45, 2.75) is 37.9 Å². The van der Waals surface area contributed by atoms with Crippen molar-refractivity contribution >= 4 is 22.0 Å². The molecule has 0 aromatic carbocycles. The molecule has 1 fully saturated rings. The molecule has 116 valence electrons.